The second-order valence-electron chi connectivity index (χ2n) is 3.43. The molecular weight excluding hydrogens is 194 g/mol. The number of benzene rings is 2. The fraction of sp³-hybridized carbons (Fsp3) is 0. The maximum absolute atomic E-state index is 6.67. The Morgan fingerprint density at radius 1 is 0.812 bits per heavy atom. The smallest absolute Gasteiger partial charge is 0.154 e. The van der Waals surface area contributed by atoms with Gasteiger partial charge in [0.1, 0.15) is 0 Å². The van der Waals surface area contributed by atoms with Crippen molar-refractivity contribution in [2.45, 2.75) is 0 Å². The van der Waals surface area contributed by atoms with E-state index < -0.39 is 0 Å². The second-order valence-corrected chi connectivity index (χ2v) is 3.43. The van der Waals surface area contributed by atoms with Crippen molar-refractivity contribution in [2.75, 3.05) is 0 Å². The highest BCUT2D eigenvalue weighted by atomic mass is 14.6. The lowest BCUT2D eigenvalue weighted by Gasteiger charge is -2.01. The number of hydrogen-bond donors (Lipinski definition) is 0. The highest BCUT2D eigenvalue weighted by Gasteiger charge is 1.94. The third kappa shape index (κ3) is 2.37. The normalized spacial score (nSPS) is 10.2. The molecule has 0 bridgehead atoms. The zero-order valence-electron chi connectivity index (χ0n) is 8.80. The zero-order chi connectivity index (χ0) is 11.2. The van der Waals surface area contributed by atoms with Crippen LogP contribution in [-0.2, 0) is 0 Å². The van der Waals surface area contributed by atoms with Gasteiger partial charge >= 0.3 is 0 Å². The standard InChI is InChI=1S/C15H11N/c1-16-12-11-13-7-9-15(10-8-13)14-5-3-2-4-6-14/h2-12H/b12-11+. The lowest BCUT2D eigenvalue weighted by Crippen LogP contribution is -1.77. The van der Waals surface area contributed by atoms with Crippen molar-refractivity contribution in [3.05, 3.63) is 77.8 Å². The van der Waals surface area contributed by atoms with Gasteiger partial charge in [0, 0.05) is 0 Å². The van der Waals surface area contributed by atoms with Crippen molar-refractivity contribution >= 4 is 6.08 Å². The Balaban J connectivity index is 2.27. The van der Waals surface area contributed by atoms with Crippen LogP contribution in [0.5, 0.6) is 0 Å². The Labute approximate surface area is 95.5 Å². The van der Waals surface area contributed by atoms with E-state index >= 15 is 0 Å². The fourth-order valence-electron chi connectivity index (χ4n) is 1.54. The van der Waals surface area contributed by atoms with E-state index in [2.05, 4.69) is 29.1 Å². The summed E-state index contributed by atoms with van der Waals surface area (Å²) in [6.07, 6.45) is 3.28. The third-order valence-electron chi connectivity index (χ3n) is 2.36. The van der Waals surface area contributed by atoms with Crippen LogP contribution in [0.25, 0.3) is 22.0 Å². The molecule has 0 spiro atoms. The molecule has 0 unspecified atom stereocenters. The first-order valence-electron chi connectivity index (χ1n) is 5.09. The van der Waals surface area contributed by atoms with Gasteiger partial charge in [-0.3, -0.25) is 0 Å². The maximum atomic E-state index is 6.67. The van der Waals surface area contributed by atoms with Gasteiger partial charge in [0.2, 0.25) is 0 Å². The van der Waals surface area contributed by atoms with Gasteiger partial charge in [-0.15, -0.1) is 0 Å². The van der Waals surface area contributed by atoms with Crippen LogP contribution >= 0.6 is 0 Å². The predicted octanol–water partition coefficient (Wildman–Crippen LogP) is 4.24. The third-order valence-corrected chi connectivity index (χ3v) is 2.36. The number of hydrogen-bond acceptors (Lipinski definition) is 0. The van der Waals surface area contributed by atoms with Gasteiger partial charge in [0.25, 0.3) is 0 Å². The molecule has 1 heteroatoms. The molecule has 2 aromatic carbocycles. The summed E-state index contributed by atoms with van der Waals surface area (Å²) in [6, 6.07) is 18.4. The minimum atomic E-state index is 1.05. The van der Waals surface area contributed by atoms with E-state index in [1.807, 2.05) is 36.4 Å². The van der Waals surface area contributed by atoms with Gasteiger partial charge < -0.3 is 0 Å². The molecule has 0 atom stereocenters. The summed E-state index contributed by atoms with van der Waals surface area (Å²) in [5, 5.41) is 0. The van der Waals surface area contributed by atoms with Gasteiger partial charge in [-0.2, -0.15) is 0 Å². The van der Waals surface area contributed by atoms with E-state index in [0.29, 0.717) is 0 Å². The lowest BCUT2D eigenvalue weighted by molar-refractivity contribution is 1.60. The lowest BCUT2D eigenvalue weighted by atomic mass is 10.0. The first kappa shape index (κ1) is 10.2. The molecule has 0 N–H and O–H groups in total. The Morgan fingerprint density at radius 2 is 1.44 bits per heavy atom. The van der Waals surface area contributed by atoms with Gasteiger partial charge in [-0.1, -0.05) is 60.7 Å². The van der Waals surface area contributed by atoms with Gasteiger partial charge in [0.15, 0.2) is 6.20 Å². The summed E-state index contributed by atoms with van der Waals surface area (Å²) >= 11 is 0. The summed E-state index contributed by atoms with van der Waals surface area (Å²) in [5.74, 6) is 0. The molecule has 0 aromatic heterocycles. The van der Waals surface area contributed by atoms with E-state index in [4.69, 9.17) is 6.57 Å². The molecule has 0 aliphatic heterocycles. The highest BCUT2D eigenvalue weighted by Crippen LogP contribution is 2.19. The molecule has 0 radical (unpaired) electrons. The van der Waals surface area contributed by atoms with Crippen LogP contribution in [0.15, 0.2) is 60.8 Å². The molecule has 0 saturated heterocycles. The summed E-state index contributed by atoms with van der Waals surface area (Å²) in [4.78, 5) is 3.18. The van der Waals surface area contributed by atoms with E-state index in [0.717, 1.165) is 5.56 Å². The van der Waals surface area contributed by atoms with Crippen molar-refractivity contribution in [1.29, 1.82) is 0 Å². The average Bonchev–Trinajstić information content (AvgIpc) is 2.38. The molecule has 0 heterocycles. The predicted molar refractivity (Wildman–Crippen MR) is 67.5 cm³/mol. The molecule has 0 aliphatic carbocycles. The van der Waals surface area contributed by atoms with Crippen molar-refractivity contribution in [3.63, 3.8) is 0 Å². The van der Waals surface area contributed by atoms with Gasteiger partial charge in [-0.05, 0) is 16.7 Å². The van der Waals surface area contributed by atoms with E-state index in [1.165, 1.54) is 17.3 Å². The maximum Gasteiger partial charge on any atom is 0.154 e. The molecule has 76 valence electrons. The molecule has 0 amide bonds. The molecule has 0 saturated carbocycles. The molecule has 2 rings (SSSR count). The summed E-state index contributed by atoms with van der Waals surface area (Å²) in [6.45, 7) is 6.67. The molecule has 16 heavy (non-hydrogen) atoms. The van der Waals surface area contributed by atoms with E-state index in [1.54, 1.807) is 0 Å². The monoisotopic (exact) mass is 205 g/mol. The highest BCUT2D eigenvalue weighted by molar-refractivity contribution is 5.65. The molecule has 0 fully saturated rings. The molecular formula is C15H11N. The van der Waals surface area contributed by atoms with Crippen molar-refractivity contribution in [3.8, 4) is 11.1 Å². The van der Waals surface area contributed by atoms with Crippen LogP contribution in [-0.4, -0.2) is 0 Å². The SMILES string of the molecule is [C-]#[N+]/C=C/c1ccc(-c2ccccc2)cc1. The van der Waals surface area contributed by atoms with Crippen molar-refractivity contribution in [1.82, 2.24) is 0 Å². The Hall–Kier alpha value is -2.33. The molecule has 2 aromatic rings. The topological polar surface area (TPSA) is 4.36 Å². The van der Waals surface area contributed by atoms with Crippen LogP contribution in [0, 0.1) is 6.57 Å². The van der Waals surface area contributed by atoms with Crippen molar-refractivity contribution < 1.29 is 0 Å². The second kappa shape index (κ2) is 4.95. The van der Waals surface area contributed by atoms with Crippen LogP contribution in [0.1, 0.15) is 5.56 Å². The number of nitrogens with zero attached hydrogens (tertiary/aromatic N) is 1. The Kier molecular flexibility index (Phi) is 3.15. The minimum absolute atomic E-state index is 1.05. The first-order chi connectivity index (χ1) is 7.90. The van der Waals surface area contributed by atoms with E-state index in [-0.39, 0.29) is 0 Å². The quantitative estimate of drug-likeness (QED) is 0.646. The summed E-state index contributed by atoms with van der Waals surface area (Å²) in [5.41, 5.74) is 3.46. The number of rotatable bonds is 2. The van der Waals surface area contributed by atoms with E-state index in [9.17, 15) is 0 Å². The zero-order valence-corrected chi connectivity index (χ0v) is 8.80. The summed E-state index contributed by atoms with van der Waals surface area (Å²) in [7, 11) is 0. The van der Waals surface area contributed by atoms with Crippen LogP contribution < -0.4 is 0 Å². The molecule has 1 nitrogen and oxygen atoms in total. The Bertz CT molecular complexity index is 516. The fourth-order valence-corrected chi connectivity index (χ4v) is 1.54. The van der Waals surface area contributed by atoms with Gasteiger partial charge in [0.05, 0.1) is 6.57 Å². The minimum Gasteiger partial charge on any atom is -0.246 e. The Morgan fingerprint density at radius 3 is 2.06 bits per heavy atom. The largest absolute Gasteiger partial charge is 0.246 e. The van der Waals surface area contributed by atoms with Crippen LogP contribution in [0.3, 0.4) is 0 Å². The van der Waals surface area contributed by atoms with Crippen LogP contribution in [0.4, 0.5) is 0 Å². The molecule has 0 aliphatic rings. The van der Waals surface area contributed by atoms with Gasteiger partial charge in [-0.25, -0.2) is 4.85 Å². The first-order valence-corrected chi connectivity index (χ1v) is 5.09. The average molecular weight is 205 g/mol. The van der Waals surface area contributed by atoms with Crippen molar-refractivity contribution in [2.24, 2.45) is 0 Å². The summed E-state index contributed by atoms with van der Waals surface area (Å²) < 4.78 is 0. The van der Waals surface area contributed by atoms with Crippen LogP contribution in [0.2, 0.25) is 0 Å².